The van der Waals surface area contributed by atoms with Gasteiger partial charge in [-0.3, -0.25) is 4.79 Å². The number of hydrogen-bond acceptors (Lipinski definition) is 3. The molecule has 1 heterocycles. The van der Waals surface area contributed by atoms with Crippen molar-refractivity contribution in [3.63, 3.8) is 0 Å². The quantitative estimate of drug-likeness (QED) is 0.890. The fraction of sp³-hybridized carbons (Fsp3) is 0.500. The molecule has 1 atom stereocenters. The van der Waals surface area contributed by atoms with Crippen LogP contribution in [0, 0.1) is 0 Å². The molecule has 0 saturated carbocycles. The Morgan fingerprint density at radius 1 is 1.40 bits per heavy atom. The molecule has 0 fully saturated rings. The molecule has 6 heteroatoms. The second-order valence-corrected chi connectivity index (χ2v) is 7.01. The summed E-state index contributed by atoms with van der Waals surface area (Å²) < 4.78 is 25.6. The Hall–Kier alpha value is -1.40. The Kier molecular flexibility index (Phi) is 4.45. The number of para-hydroxylation sites is 1. The zero-order chi connectivity index (χ0) is 14.8. The topological polar surface area (TPSA) is 66.5 Å². The average molecular weight is 296 g/mol. The lowest BCUT2D eigenvalue weighted by Crippen LogP contribution is -2.43. The van der Waals surface area contributed by atoms with Crippen molar-refractivity contribution < 1.29 is 13.2 Å². The van der Waals surface area contributed by atoms with Crippen molar-refractivity contribution in [2.75, 3.05) is 17.2 Å². The maximum absolute atomic E-state index is 12.3. The van der Waals surface area contributed by atoms with Gasteiger partial charge in [0.05, 0.1) is 12.3 Å². The maximum atomic E-state index is 12.3. The number of carbonyl (C=O) groups is 1. The van der Waals surface area contributed by atoms with Crippen LogP contribution in [0.1, 0.15) is 25.8 Å². The van der Waals surface area contributed by atoms with Gasteiger partial charge in [0.2, 0.25) is 15.9 Å². The van der Waals surface area contributed by atoms with E-state index in [-0.39, 0.29) is 24.2 Å². The largest absolute Gasteiger partial charge is 0.308 e. The molecule has 0 bridgehead atoms. The fourth-order valence-electron chi connectivity index (χ4n) is 2.54. The number of sulfonamides is 1. The van der Waals surface area contributed by atoms with Crippen LogP contribution in [0.25, 0.3) is 0 Å². The second kappa shape index (κ2) is 5.93. The van der Waals surface area contributed by atoms with Crippen molar-refractivity contribution in [3.05, 3.63) is 29.8 Å². The molecule has 0 aromatic heterocycles. The minimum Gasteiger partial charge on any atom is -0.308 e. The number of carbonyl (C=O) groups excluding carboxylic acids is 1. The van der Waals surface area contributed by atoms with Crippen molar-refractivity contribution in [1.82, 2.24) is 4.72 Å². The van der Waals surface area contributed by atoms with Crippen LogP contribution >= 0.6 is 0 Å². The highest BCUT2D eigenvalue weighted by atomic mass is 32.2. The highest BCUT2D eigenvalue weighted by Crippen LogP contribution is 2.31. The zero-order valence-corrected chi connectivity index (χ0v) is 12.6. The van der Waals surface area contributed by atoms with Gasteiger partial charge in [-0.15, -0.1) is 0 Å². The molecule has 1 unspecified atom stereocenters. The van der Waals surface area contributed by atoms with Crippen LogP contribution in [0.3, 0.4) is 0 Å². The molecule has 1 aliphatic rings. The van der Waals surface area contributed by atoms with Crippen LogP contribution in [0.5, 0.6) is 0 Å². The van der Waals surface area contributed by atoms with Gasteiger partial charge < -0.3 is 4.90 Å². The lowest BCUT2D eigenvalue weighted by molar-refractivity contribution is -0.117. The summed E-state index contributed by atoms with van der Waals surface area (Å²) in [6, 6.07) is 7.80. The van der Waals surface area contributed by atoms with Gasteiger partial charge in [-0.2, -0.15) is 0 Å². The molecule has 110 valence electrons. The minimum absolute atomic E-state index is 0.0480. The molecule has 0 radical (unpaired) electrons. The molecular weight excluding hydrogens is 276 g/mol. The van der Waals surface area contributed by atoms with E-state index in [1.807, 2.05) is 31.2 Å². The first-order chi connectivity index (χ1) is 9.44. The number of fused-ring (bicyclic) bond motifs is 1. The van der Waals surface area contributed by atoms with Gasteiger partial charge in [0.1, 0.15) is 0 Å². The van der Waals surface area contributed by atoms with E-state index in [9.17, 15) is 13.2 Å². The smallest absolute Gasteiger partial charge is 0.242 e. The molecule has 2 rings (SSSR count). The summed E-state index contributed by atoms with van der Waals surface area (Å²) in [6.45, 7) is 3.58. The number of nitrogens with one attached hydrogen (secondary N) is 1. The van der Waals surface area contributed by atoms with E-state index in [4.69, 9.17) is 0 Å². The highest BCUT2D eigenvalue weighted by Gasteiger charge is 2.30. The van der Waals surface area contributed by atoms with E-state index >= 15 is 0 Å². The lowest BCUT2D eigenvalue weighted by Gasteiger charge is -2.22. The first-order valence-electron chi connectivity index (χ1n) is 6.82. The number of benzene rings is 1. The molecular formula is C14H20N2O3S. The van der Waals surface area contributed by atoms with Gasteiger partial charge in [0, 0.05) is 11.7 Å². The van der Waals surface area contributed by atoms with Gasteiger partial charge in [0.25, 0.3) is 0 Å². The molecule has 0 spiro atoms. The van der Waals surface area contributed by atoms with E-state index < -0.39 is 10.0 Å². The normalized spacial score (nSPS) is 18.1. The first kappa shape index (κ1) is 15.0. The van der Waals surface area contributed by atoms with E-state index in [2.05, 4.69) is 4.72 Å². The summed E-state index contributed by atoms with van der Waals surface area (Å²) in [5.74, 6) is -0.158. The third-order valence-corrected chi connectivity index (χ3v) is 4.92. The number of nitrogens with zero attached hydrogens (tertiary/aromatic N) is 1. The van der Waals surface area contributed by atoms with Crippen molar-refractivity contribution >= 4 is 21.6 Å². The summed E-state index contributed by atoms with van der Waals surface area (Å²) in [6.07, 6.45) is 1.34. The monoisotopic (exact) mass is 296 g/mol. The molecule has 0 saturated heterocycles. The molecule has 1 aliphatic heterocycles. The Labute approximate surface area is 120 Å². The molecule has 1 amide bonds. The Morgan fingerprint density at radius 2 is 2.10 bits per heavy atom. The number of rotatable bonds is 5. The van der Waals surface area contributed by atoms with E-state index in [1.54, 1.807) is 11.8 Å². The van der Waals surface area contributed by atoms with Gasteiger partial charge >= 0.3 is 0 Å². The zero-order valence-electron chi connectivity index (χ0n) is 11.8. The standard InChI is InChI=1S/C14H20N2O3S/c1-3-8-20(18,19)15-10-14(17)16-11(2)9-12-6-4-5-7-13(12)16/h4-7,11,15H,3,8-10H2,1-2H3. The maximum Gasteiger partial charge on any atom is 0.242 e. The summed E-state index contributed by atoms with van der Waals surface area (Å²) in [4.78, 5) is 14.0. The Balaban J connectivity index is 2.07. The molecule has 20 heavy (non-hydrogen) atoms. The van der Waals surface area contributed by atoms with Crippen molar-refractivity contribution in [3.8, 4) is 0 Å². The van der Waals surface area contributed by atoms with E-state index in [1.165, 1.54) is 0 Å². The fourth-order valence-corrected chi connectivity index (χ4v) is 3.57. The van der Waals surface area contributed by atoms with E-state index in [0.717, 1.165) is 17.7 Å². The summed E-state index contributed by atoms with van der Waals surface area (Å²) in [5.41, 5.74) is 2.02. The summed E-state index contributed by atoms with van der Waals surface area (Å²) in [5, 5.41) is 0. The summed E-state index contributed by atoms with van der Waals surface area (Å²) >= 11 is 0. The van der Waals surface area contributed by atoms with Crippen LogP contribution in [0.15, 0.2) is 24.3 Å². The predicted molar refractivity (Wildman–Crippen MR) is 79.2 cm³/mol. The molecule has 1 aromatic carbocycles. The third kappa shape index (κ3) is 3.19. The Morgan fingerprint density at radius 3 is 2.80 bits per heavy atom. The molecule has 1 N–H and O–H groups in total. The van der Waals surface area contributed by atoms with Crippen molar-refractivity contribution in [2.24, 2.45) is 0 Å². The summed E-state index contributed by atoms with van der Waals surface area (Å²) in [7, 11) is -3.35. The second-order valence-electron chi connectivity index (χ2n) is 5.09. The van der Waals surface area contributed by atoms with Crippen LogP contribution in [-0.2, 0) is 21.2 Å². The first-order valence-corrected chi connectivity index (χ1v) is 8.47. The minimum atomic E-state index is -3.35. The van der Waals surface area contributed by atoms with Crippen LogP contribution in [-0.4, -0.2) is 32.7 Å². The average Bonchev–Trinajstić information content (AvgIpc) is 2.72. The third-order valence-electron chi connectivity index (χ3n) is 3.39. The Bertz CT molecular complexity index is 598. The van der Waals surface area contributed by atoms with Gasteiger partial charge in [-0.1, -0.05) is 25.1 Å². The number of anilines is 1. The molecule has 5 nitrogen and oxygen atoms in total. The van der Waals surface area contributed by atoms with Crippen LogP contribution in [0.4, 0.5) is 5.69 Å². The van der Waals surface area contributed by atoms with E-state index in [0.29, 0.717) is 6.42 Å². The van der Waals surface area contributed by atoms with Gasteiger partial charge in [0.15, 0.2) is 0 Å². The SMILES string of the molecule is CCCS(=O)(=O)NCC(=O)N1c2ccccc2CC1C. The van der Waals surface area contributed by atoms with Gasteiger partial charge in [-0.25, -0.2) is 13.1 Å². The van der Waals surface area contributed by atoms with Crippen LogP contribution < -0.4 is 9.62 Å². The number of amides is 1. The number of hydrogen-bond donors (Lipinski definition) is 1. The van der Waals surface area contributed by atoms with Crippen LogP contribution in [0.2, 0.25) is 0 Å². The van der Waals surface area contributed by atoms with Crippen molar-refractivity contribution in [1.29, 1.82) is 0 Å². The van der Waals surface area contributed by atoms with Crippen molar-refractivity contribution in [2.45, 2.75) is 32.7 Å². The van der Waals surface area contributed by atoms with Gasteiger partial charge in [-0.05, 0) is 31.4 Å². The lowest BCUT2D eigenvalue weighted by atomic mass is 10.1. The molecule has 1 aromatic rings. The molecule has 0 aliphatic carbocycles. The predicted octanol–water partition coefficient (Wildman–Crippen LogP) is 1.29. The highest BCUT2D eigenvalue weighted by molar-refractivity contribution is 7.89.